The molecule has 0 unspecified atom stereocenters. The molecule has 1 amide bonds. The number of hydrogen-bond acceptors (Lipinski definition) is 4. The van der Waals surface area contributed by atoms with Crippen molar-refractivity contribution < 1.29 is 4.79 Å². The van der Waals surface area contributed by atoms with E-state index in [-0.39, 0.29) is 11.7 Å². The van der Waals surface area contributed by atoms with E-state index in [0.29, 0.717) is 10.6 Å². The number of benzene rings is 3. The second-order valence-electron chi connectivity index (χ2n) is 8.69. The summed E-state index contributed by atoms with van der Waals surface area (Å²) in [5.74, 6) is 0.0257. The third kappa shape index (κ3) is 5.62. The van der Waals surface area contributed by atoms with Crippen molar-refractivity contribution in [2.24, 2.45) is 0 Å². The van der Waals surface area contributed by atoms with E-state index >= 15 is 0 Å². The van der Waals surface area contributed by atoms with Crippen molar-refractivity contribution in [1.29, 1.82) is 5.26 Å². The molecule has 0 saturated carbocycles. The van der Waals surface area contributed by atoms with Crippen LogP contribution in [0.3, 0.4) is 0 Å². The molecule has 174 valence electrons. The quantitative estimate of drug-likeness (QED) is 0.297. The molecule has 35 heavy (non-hydrogen) atoms. The van der Waals surface area contributed by atoms with E-state index in [9.17, 15) is 10.1 Å². The predicted molar refractivity (Wildman–Crippen MR) is 145 cm³/mol. The Morgan fingerprint density at radius 2 is 1.54 bits per heavy atom. The number of aryl methyl sites for hydroxylation is 4. The van der Waals surface area contributed by atoms with Crippen LogP contribution in [0.4, 0.5) is 5.69 Å². The summed E-state index contributed by atoms with van der Waals surface area (Å²) in [5, 5.41) is 13.6. The molecule has 1 aromatic heterocycles. The topological polar surface area (TPSA) is 65.8 Å². The maximum absolute atomic E-state index is 12.9. The van der Waals surface area contributed by atoms with Gasteiger partial charge in [-0.25, -0.2) is 4.98 Å². The molecule has 0 bridgehead atoms. The fraction of sp³-hybridized carbons (Fsp3) is 0.167. The third-order valence-electron chi connectivity index (χ3n) is 5.81. The zero-order valence-corrected chi connectivity index (χ0v) is 21.2. The Morgan fingerprint density at radius 3 is 2.17 bits per heavy atom. The van der Waals surface area contributed by atoms with Gasteiger partial charge in [0.25, 0.3) is 0 Å². The predicted octanol–water partition coefficient (Wildman–Crippen LogP) is 7.25. The number of carbonyl (C=O) groups is 1. The van der Waals surface area contributed by atoms with Crippen LogP contribution < -0.4 is 5.32 Å². The van der Waals surface area contributed by atoms with Crippen molar-refractivity contribution in [3.8, 4) is 28.5 Å². The number of nitrogens with one attached hydrogen (secondary N) is 1. The molecule has 5 heteroatoms. The second kappa shape index (κ2) is 10.6. The van der Waals surface area contributed by atoms with Crippen molar-refractivity contribution in [1.82, 2.24) is 4.98 Å². The summed E-state index contributed by atoms with van der Waals surface area (Å²) in [5.41, 5.74) is 9.21. The van der Waals surface area contributed by atoms with Gasteiger partial charge in [0.15, 0.2) is 0 Å². The van der Waals surface area contributed by atoms with Crippen LogP contribution >= 0.6 is 11.8 Å². The lowest BCUT2D eigenvalue weighted by Gasteiger charge is -2.14. The molecule has 0 aliphatic rings. The Kier molecular flexibility index (Phi) is 7.33. The zero-order chi connectivity index (χ0) is 24.9. The Bertz CT molecular complexity index is 1400. The number of nitriles is 1. The maximum atomic E-state index is 12.9. The van der Waals surface area contributed by atoms with Crippen molar-refractivity contribution in [3.05, 3.63) is 101 Å². The van der Waals surface area contributed by atoms with Gasteiger partial charge in [0.2, 0.25) is 5.91 Å². The number of pyridine rings is 1. The van der Waals surface area contributed by atoms with E-state index in [1.165, 1.54) is 17.3 Å². The van der Waals surface area contributed by atoms with Gasteiger partial charge in [-0.05, 0) is 50.5 Å². The van der Waals surface area contributed by atoms with Crippen molar-refractivity contribution >= 4 is 23.4 Å². The summed E-state index contributed by atoms with van der Waals surface area (Å²) >= 11 is 1.29. The molecule has 0 spiro atoms. The average Bonchev–Trinajstić information content (AvgIpc) is 2.85. The first-order chi connectivity index (χ1) is 16.9. The van der Waals surface area contributed by atoms with Crippen LogP contribution in [0.15, 0.2) is 77.8 Å². The van der Waals surface area contributed by atoms with E-state index in [0.717, 1.165) is 44.8 Å². The minimum Gasteiger partial charge on any atom is -0.325 e. The lowest BCUT2D eigenvalue weighted by Crippen LogP contribution is -2.16. The molecule has 0 fully saturated rings. The highest BCUT2D eigenvalue weighted by Crippen LogP contribution is 2.34. The van der Waals surface area contributed by atoms with Crippen LogP contribution in [0, 0.1) is 39.0 Å². The van der Waals surface area contributed by atoms with Crippen LogP contribution in [0.25, 0.3) is 22.4 Å². The summed E-state index contributed by atoms with van der Waals surface area (Å²) in [7, 11) is 0. The summed E-state index contributed by atoms with van der Waals surface area (Å²) in [4.78, 5) is 17.7. The first kappa shape index (κ1) is 24.3. The molecule has 0 saturated heterocycles. The van der Waals surface area contributed by atoms with Crippen molar-refractivity contribution in [3.63, 3.8) is 0 Å². The molecule has 1 heterocycles. The first-order valence-corrected chi connectivity index (χ1v) is 12.4. The lowest BCUT2D eigenvalue weighted by atomic mass is 9.99. The minimum atomic E-state index is -0.127. The van der Waals surface area contributed by atoms with Crippen LogP contribution in [-0.4, -0.2) is 16.6 Å². The van der Waals surface area contributed by atoms with Gasteiger partial charge < -0.3 is 5.32 Å². The zero-order valence-electron chi connectivity index (χ0n) is 20.3. The van der Waals surface area contributed by atoms with E-state index in [1.54, 1.807) is 0 Å². The molecular formula is C30H27N3OS. The number of rotatable bonds is 6. The van der Waals surface area contributed by atoms with Crippen molar-refractivity contribution in [2.75, 3.05) is 11.1 Å². The van der Waals surface area contributed by atoms with Gasteiger partial charge in [-0.15, -0.1) is 0 Å². The molecule has 0 atom stereocenters. The highest BCUT2D eigenvalue weighted by Gasteiger charge is 2.17. The fourth-order valence-electron chi connectivity index (χ4n) is 4.14. The summed E-state index contributed by atoms with van der Waals surface area (Å²) < 4.78 is 0. The molecule has 1 N–H and O–H groups in total. The highest BCUT2D eigenvalue weighted by molar-refractivity contribution is 8.00. The van der Waals surface area contributed by atoms with E-state index < -0.39 is 0 Å². The standard InChI is InChI=1S/C30H27N3OS/c1-19-10-12-24(13-11-19)27-16-25(23-8-6-5-7-9-23)26(17-31)30(32-27)35-18-28(34)33-29-21(3)14-20(2)15-22(29)4/h5-16H,18H2,1-4H3,(H,33,34). The molecule has 0 aliphatic heterocycles. The number of nitrogens with zero attached hydrogens (tertiary/aromatic N) is 2. The van der Waals surface area contributed by atoms with Gasteiger partial charge >= 0.3 is 0 Å². The van der Waals surface area contributed by atoms with E-state index in [4.69, 9.17) is 4.98 Å². The molecule has 4 nitrogen and oxygen atoms in total. The average molecular weight is 478 g/mol. The number of thioether (sulfide) groups is 1. The lowest BCUT2D eigenvalue weighted by molar-refractivity contribution is -0.113. The monoisotopic (exact) mass is 477 g/mol. The molecular weight excluding hydrogens is 450 g/mol. The van der Waals surface area contributed by atoms with E-state index in [1.807, 2.05) is 88.4 Å². The molecule has 3 aromatic carbocycles. The first-order valence-electron chi connectivity index (χ1n) is 11.4. The van der Waals surface area contributed by atoms with Gasteiger partial charge in [0.1, 0.15) is 11.1 Å². The number of amides is 1. The Morgan fingerprint density at radius 1 is 0.886 bits per heavy atom. The molecule has 0 radical (unpaired) electrons. The SMILES string of the molecule is Cc1ccc(-c2cc(-c3ccccc3)c(C#N)c(SCC(=O)Nc3c(C)cc(C)cc3C)n2)cc1. The van der Waals surface area contributed by atoms with Crippen LogP contribution in [0.2, 0.25) is 0 Å². The number of hydrogen-bond donors (Lipinski definition) is 1. The fourth-order valence-corrected chi connectivity index (χ4v) is 4.94. The van der Waals surface area contributed by atoms with E-state index in [2.05, 4.69) is 23.5 Å². The largest absolute Gasteiger partial charge is 0.325 e. The smallest absolute Gasteiger partial charge is 0.234 e. The maximum Gasteiger partial charge on any atom is 0.234 e. The number of carbonyl (C=O) groups excluding carboxylic acids is 1. The Labute approximate surface area is 211 Å². The van der Waals surface area contributed by atoms with Crippen molar-refractivity contribution in [2.45, 2.75) is 32.7 Å². The summed E-state index contributed by atoms with van der Waals surface area (Å²) in [6.45, 7) is 8.08. The minimum absolute atomic E-state index is 0.127. The Balaban J connectivity index is 1.68. The van der Waals surface area contributed by atoms with Gasteiger partial charge in [0, 0.05) is 16.8 Å². The second-order valence-corrected chi connectivity index (χ2v) is 9.65. The van der Waals surface area contributed by atoms with Gasteiger partial charge in [-0.1, -0.05) is 89.6 Å². The molecule has 4 rings (SSSR count). The Hall–Kier alpha value is -3.88. The third-order valence-corrected chi connectivity index (χ3v) is 6.79. The normalized spacial score (nSPS) is 10.6. The summed E-state index contributed by atoms with van der Waals surface area (Å²) in [6.07, 6.45) is 0. The van der Waals surface area contributed by atoms with Crippen LogP contribution in [-0.2, 0) is 4.79 Å². The summed E-state index contributed by atoms with van der Waals surface area (Å²) in [6, 6.07) is 26.4. The van der Waals surface area contributed by atoms with Gasteiger partial charge in [0.05, 0.1) is 17.0 Å². The van der Waals surface area contributed by atoms with Crippen LogP contribution in [0.5, 0.6) is 0 Å². The van der Waals surface area contributed by atoms with Crippen LogP contribution in [0.1, 0.15) is 27.8 Å². The van der Waals surface area contributed by atoms with Gasteiger partial charge in [-0.3, -0.25) is 4.79 Å². The van der Waals surface area contributed by atoms with Gasteiger partial charge in [-0.2, -0.15) is 5.26 Å². The number of anilines is 1. The highest BCUT2D eigenvalue weighted by atomic mass is 32.2. The number of aromatic nitrogens is 1. The molecule has 0 aliphatic carbocycles. The molecule has 4 aromatic rings.